The summed E-state index contributed by atoms with van der Waals surface area (Å²) in [5.41, 5.74) is -1.86. The summed E-state index contributed by atoms with van der Waals surface area (Å²) in [6, 6.07) is 8.89. The summed E-state index contributed by atoms with van der Waals surface area (Å²) in [7, 11) is 3.71. The molecule has 2 bridgehead atoms. The molecular weight excluding hydrogens is 706 g/mol. The minimum atomic E-state index is -1.82. The molecule has 1 aromatic heterocycles. The predicted molar refractivity (Wildman–Crippen MR) is 207 cm³/mol. The number of hydrogen-bond donors (Lipinski definition) is 3. The maximum Gasteiger partial charge on any atom is 0.410 e. The molecule has 3 aliphatic heterocycles. The Hall–Kier alpha value is -3.46. The van der Waals surface area contributed by atoms with E-state index in [0.717, 1.165) is 16.5 Å². The van der Waals surface area contributed by atoms with E-state index in [-0.39, 0.29) is 31.5 Å². The smallest absolute Gasteiger partial charge is 0.410 e. The number of aliphatic hydroxyl groups is 3. The number of esters is 1. The third-order valence-corrected chi connectivity index (χ3v) is 12.1. The normalized spacial score (nSPS) is 39.6. The van der Waals surface area contributed by atoms with E-state index in [1.807, 2.05) is 82.3 Å². The molecule has 2 aromatic rings. The predicted octanol–water partition coefficient (Wildman–Crippen LogP) is 4.59. The first-order valence-electron chi connectivity index (χ1n) is 19.6. The molecule has 0 radical (unpaired) electrons. The second kappa shape index (κ2) is 17.0. The van der Waals surface area contributed by atoms with Crippen molar-refractivity contribution < 1.29 is 48.7 Å². The fourth-order valence-corrected chi connectivity index (χ4v) is 9.22. The summed E-state index contributed by atoms with van der Waals surface area (Å²) in [5.74, 6) is -4.71. The Morgan fingerprint density at radius 3 is 2.42 bits per heavy atom. The minimum Gasteiger partial charge on any atom is -0.459 e. The molecule has 0 aliphatic carbocycles. The second-order valence-electron chi connectivity index (χ2n) is 16.8. The van der Waals surface area contributed by atoms with Crippen LogP contribution >= 0.6 is 0 Å². The van der Waals surface area contributed by atoms with E-state index in [2.05, 4.69) is 4.98 Å². The number of ketones is 1. The summed E-state index contributed by atoms with van der Waals surface area (Å²) in [4.78, 5) is 49.8. The van der Waals surface area contributed by atoms with Gasteiger partial charge in [0, 0.05) is 42.0 Å². The Morgan fingerprint density at radius 2 is 1.75 bits per heavy atom. The zero-order chi connectivity index (χ0) is 40.6. The van der Waals surface area contributed by atoms with Crippen molar-refractivity contribution in [3.63, 3.8) is 0 Å². The summed E-state index contributed by atoms with van der Waals surface area (Å²) in [6.45, 7) is 13.6. The lowest BCUT2D eigenvalue weighted by molar-refractivity contribution is -0.293. The number of cyclic esters (lactones) is 1. The Morgan fingerprint density at radius 1 is 1.05 bits per heavy atom. The van der Waals surface area contributed by atoms with Crippen molar-refractivity contribution in [2.24, 2.45) is 23.7 Å². The monoisotopic (exact) mass is 767 g/mol. The number of aromatic nitrogens is 1. The number of aliphatic hydroxyl groups excluding tert-OH is 1. The van der Waals surface area contributed by atoms with Crippen molar-refractivity contribution >= 4 is 34.8 Å². The molecule has 1 amide bonds. The van der Waals surface area contributed by atoms with Gasteiger partial charge in [0.1, 0.15) is 29.8 Å². The zero-order valence-electron chi connectivity index (χ0n) is 33.9. The summed E-state index contributed by atoms with van der Waals surface area (Å²) in [6.07, 6.45) is -0.435. The number of nitrogens with zero attached hydrogens (tertiary/aromatic N) is 3. The highest BCUT2D eigenvalue weighted by atomic mass is 16.7. The Bertz CT molecular complexity index is 1710. The van der Waals surface area contributed by atoms with E-state index in [1.165, 1.54) is 13.8 Å². The molecule has 14 atom stereocenters. The fourth-order valence-electron chi connectivity index (χ4n) is 9.22. The number of benzene rings is 1. The van der Waals surface area contributed by atoms with Gasteiger partial charge in [0.2, 0.25) is 0 Å². The van der Waals surface area contributed by atoms with Crippen molar-refractivity contribution in [1.82, 2.24) is 14.8 Å². The SMILES string of the molecule is CC[C@H]1OC(=O)[C@H](C)C(=O)[C@H](C)[C@@H](O[C@@H]2O[C@H](C)C[C@H](N(C)C)[C@H]2O)[C@](C)(O)C[C@@H](C)[C@H]2[C@H](C)[C@@H](OC(=O)N2C/C=C/c2cnc3ccccc3c2)[C@]1(C)O. The van der Waals surface area contributed by atoms with Crippen LogP contribution in [0.3, 0.4) is 0 Å². The first-order chi connectivity index (χ1) is 25.8. The van der Waals surface area contributed by atoms with Crippen LogP contribution in [-0.2, 0) is 28.5 Å². The average Bonchev–Trinajstić information content (AvgIpc) is 3.13. The topological polar surface area (TPSA) is 168 Å². The lowest BCUT2D eigenvalue weighted by atomic mass is 9.71. The largest absolute Gasteiger partial charge is 0.459 e. The van der Waals surface area contributed by atoms with Crippen molar-refractivity contribution in [2.75, 3.05) is 20.6 Å². The molecule has 3 saturated heterocycles. The molecule has 304 valence electrons. The molecule has 3 fully saturated rings. The maximum absolute atomic E-state index is 14.1. The van der Waals surface area contributed by atoms with E-state index < -0.39 is 89.5 Å². The second-order valence-corrected chi connectivity index (χ2v) is 16.8. The number of likely N-dealkylation sites (N-methyl/N-ethyl adjacent to an activating group) is 1. The number of pyridine rings is 1. The van der Waals surface area contributed by atoms with Gasteiger partial charge in [0.25, 0.3) is 0 Å². The third-order valence-electron chi connectivity index (χ3n) is 12.1. The van der Waals surface area contributed by atoms with Gasteiger partial charge in [-0.15, -0.1) is 0 Å². The van der Waals surface area contributed by atoms with Crippen LogP contribution in [0.2, 0.25) is 0 Å². The number of carbonyl (C=O) groups excluding carboxylic acids is 3. The maximum atomic E-state index is 14.1. The highest BCUT2D eigenvalue weighted by Gasteiger charge is 2.56. The van der Waals surface area contributed by atoms with E-state index in [0.29, 0.717) is 6.42 Å². The van der Waals surface area contributed by atoms with Crippen LogP contribution in [0, 0.1) is 23.7 Å². The van der Waals surface area contributed by atoms with E-state index in [1.54, 1.807) is 31.9 Å². The van der Waals surface area contributed by atoms with Gasteiger partial charge >= 0.3 is 12.1 Å². The van der Waals surface area contributed by atoms with E-state index in [9.17, 15) is 29.7 Å². The van der Waals surface area contributed by atoms with Crippen LogP contribution in [0.5, 0.6) is 0 Å². The number of amides is 1. The van der Waals surface area contributed by atoms with Crippen LogP contribution in [0.25, 0.3) is 17.0 Å². The Balaban J connectivity index is 1.54. The van der Waals surface area contributed by atoms with E-state index >= 15 is 0 Å². The molecule has 1 aromatic carbocycles. The standard InChI is InChI=1S/C42H61N3O10/c1-11-32-42(8,51)37-25(4)33(45(40(49)55-37)18-14-15-28-20-29-16-12-13-17-30(29)43-22-28)23(2)21-41(7,50)36(26(5)34(46)27(6)38(48)53-32)54-39-35(47)31(44(9)10)19-24(3)52-39/h12-17,20,22-27,31-33,35-37,39,47,50-51H,11,18-19,21H2,1-10H3/b15-14+/t23-,24-,25+,26+,27-,31+,32-,33+,35-,36-,37-,39+,41-,42-/m1/s1. The van der Waals surface area contributed by atoms with Crippen LogP contribution in [0.15, 0.2) is 42.6 Å². The van der Waals surface area contributed by atoms with Crippen molar-refractivity contribution in [2.45, 2.75) is 135 Å². The number of ether oxygens (including phenoxy) is 4. The number of Topliss-reactive ketones (excluding diaryl/α,β-unsaturated/α-hetero) is 1. The highest BCUT2D eigenvalue weighted by molar-refractivity contribution is 6.00. The van der Waals surface area contributed by atoms with Gasteiger partial charge < -0.3 is 44.1 Å². The summed E-state index contributed by atoms with van der Waals surface area (Å²) >= 11 is 0. The van der Waals surface area contributed by atoms with Crippen LogP contribution in [0.4, 0.5) is 4.79 Å². The zero-order valence-corrected chi connectivity index (χ0v) is 33.9. The minimum absolute atomic E-state index is 0.0345. The van der Waals surface area contributed by atoms with Gasteiger partial charge in [-0.3, -0.25) is 14.6 Å². The molecule has 0 unspecified atom stereocenters. The van der Waals surface area contributed by atoms with Gasteiger partial charge in [0.05, 0.1) is 23.3 Å². The van der Waals surface area contributed by atoms with Crippen LogP contribution < -0.4 is 0 Å². The molecule has 13 nitrogen and oxygen atoms in total. The summed E-state index contributed by atoms with van der Waals surface area (Å²) in [5, 5.41) is 37.0. The lowest BCUT2D eigenvalue weighted by Crippen LogP contribution is -2.66. The first-order valence-corrected chi connectivity index (χ1v) is 19.6. The number of fused-ring (bicyclic) bond motifs is 3. The van der Waals surface area contributed by atoms with E-state index in [4.69, 9.17) is 18.9 Å². The van der Waals surface area contributed by atoms with Gasteiger partial charge in [-0.1, -0.05) is 58.0 Å². The molecule has 3 N–H and O–H groups in total. The molecule has 0 saturated carbocycles. The Kier molecular flexibility index (Phi) is 13.2. The van der Waals surface area contributed by atoms with Crippen LogP contribution in [-0.4, -0.2) is 129 Å². The lowest BCUT2D eigenvalue weighted by Gasteiger charge is -2.52. The van der Waals surface area contributed by atoms with Crippen molar-refractivity contribution in [3.05, 3.63) is 48.2 Å². The number of hydrogen-bond acceptors (Lipinski definition) is 12. The van der Waals surface area contributed by atoms with Crippen LogP contribution in [0.1, 0.15) is 80.2 Å². The molecule has 4 heterocycles. The first kappa shape index (κ1) is 42.7. The van der Waals surface area contributed by atoms with Gasteiger partial charge in [-0.25, -0.2) is 4.79 Å². The van der Waals surface area contributed by atoms with Crippen molar-refractivity contribution in [1.29, 1.82) is 0 Å². The van der Waals surface area contributed by atoms with Gasteiger partial charge in [0.15, 0.2) is 12.1 Å². The van der Waals surface area contributed by atoms with Gasteiger partial charge in [-0.05, 0) is 84.7 Å². The molecule has 13 heteroatoms. The fraction of sp³-hybridized carbons (Fsp3) is 0.667. The highest BCUT2D eigenvalue weighted by Crippen LogP contribution is 2.42. The number of rotatable bonds is 7. The molecule has 55 heavy (non-hydrogen) atoms. The molecular formula is C42H61N3O10. The number of carbonyl (C=O) groups is 3. The quantitative estimate of drug-likeness (QED) is 0.265. The van der Waals surface area contributed by atoms with Crippen molar-refractivity contribution in [3.8, 4) is 0 Å². The molecule has 0 spiro atoms. The molecule has 3 aliphatic rings. The van der Waals surface area contributed by atoms with Gasteiger partial charge in [-0.2, -0.15) is 0 Å². The Labute approximate surface area is 325 Å². The average molecular weight is 768 g/mol. The summed E-state index contributed by atoms with van der Waals surface area (Å²) < 4.78 is 24.5. The molecule has 5 rings (SSSR count). The third kappa shape index (κ3) is 8.92. The number of para-hydroxylation sites is 1.